The van der Waals surface area contributed by atoms with Crippen LogP contribution in [0.1, 0.15) is 47.5 Å². The molecule has 2 N–H and O–H groups in total. The van der Waals surface area contributed by atoms with Crippen LogP contribution in [0.5, 0.6) is 0 Å². The summed E-state index contributed by atoms with van der Waals surface area (Å²) in [7, 11) is 0. The molecule has 0 amide bonds. The van der Waals surface area contributed by atoms with Crippen molar-refractivity contribution >= 4 is 22.7 Å². The van der Waals surface area contributed by atoms with Crippen LogP contribution < -0.4 is 5.73 Å². The molecule has 2 aromatic rings. The molecule has 0 aliphatic heterocycles. The van der Waals surface area contributed by atoms with Crippen molar-refractivity contribution < 1.29 is 0 Å². The molecule has 0 spiro atoms. The Morgan fingerprint density at radius 1 is 1.35 bits per heavy atom. The van der Waals surface area contributed by atoms with Crippen LogP contribution in [0.2, 0.25) is 0 Å². The maximum absolute atomic E-state index is 6.64. The standard InChI is InChI=1S/C15H21N3S2/c1-9-5-4-6-15(16,7-9)14-18-12(8-19-14)13-10(2)20-11(3)17-13/h8-9H,4-7,16H2,1-3H3. The SMILES string of the molecule is Cc1nc(-c2csc(C3(N)CCCC(C)C3)n2)c(C)s1. The molecule has 0 aromatic carbocycles. The zero-order chi connectivity index (χ0) is 14.3. The number of thiazole rings is 2. The highest BCUT2D eigenvalue weighted by molar-refractivity contribution is 7.12. The Labute approximate surface area is 128 Å². The summed E-state index contributed by atoms with van der Waals surface area (Å²) in [5.74, 6) is 0.698. The maximum Gasteiger partial charge on any atom is 0.113 e. The fourth-order valence-electron chi connectivity index (χ4n) is 3.16. The van der Waals surface area contributed by atoms with Crippen molar-refractivity contribution in [3.63, 3.8) is 0 Å². The van der Waals surface area contributed by atoms with Gasteiger partial charge in [0.25, 0.3) is 0 Å². The fourth-order valence-corrected chi connectivity index (χ4v) is 4.95. The molecule has 5 heteroatoms. The van der Waals surface area contributed by atoms with Crippen molar-refractivity contribution in [3.8, 4) is 11.4 Å². The van der Waals surface area contributed by atoms with E-state index in [0.29, 0.717) is 5.92 Å². The summed E-state index contributed by atoms with van der Waals surface area (Å²) in [6.45, 7) is 6.45. The van der Waals surface area contributed by atoms with Crippen molar-refractivity contribution in [2.45, 2.75) is 52.0 Å². The first-order valence-corrected chi connectivity index (χ1v) is 8.87. The van der Waals surface area contributed by atoms with Crippen molar-refractivity contribution in [3.05, 3.63) is 20.3 Å². The molecule has 20 heavy (non-hydrogen) atoms. The van der Waals surface area contributed by atoms with Crippen LogP contribution in [0.4, 0.5) is 0 Å². The third-order valence-corrected chi connectivity index (χ3v) is 6.06. The molecule has 1 saturated carbocycles. The Morgan fingerprint density at radius 2 is 2.15 bits per heavy atom. The number of hydrogen-bond acceptors (Lipinski definition) is 5. The van der Waals surface area contributed by atoms with E-state index >= 15 is 0 Å². The minimum absolute atomic E-state index is 0.223. The first kappa shape index (κ1) is 14.2. The minimum Gasteiger partial charge on any atom is -0.319 e. The second kappa shape index (κ2) is 5.20. The molecule has 0 radical (unpaired) electrons. The van der Waals surface area contributed by atoms with Gasteiger partial charge in [-0.2, -0.15) is 0 Å². The van der Waals surface area contributed by atoms with Gasteiger partial charge in [-0.3, -0.25) is 0 Å². The van der Waals surface area contributed by atoms with Gasteiger partial charge in [-0.1, -0.05) is 19.8 Å². The maximum atomic E-state index is 6.64. The molecular weight excluding hydrogens is 286 g/mol. The van der Waals surface area contributed by atoms with E-state index in [1.807, 2.05) is 6.92 Å². The number of hydrogen-bond donors (Lipinski definition) is 1. The Balaban J connectivity index is 1.92. The van der Waals surface area contributed by atoms with E-state index in [-0.39, 0.29) is 5.54 Å². The van der Waals surface area contributed by atoms with Gasteiger partial charge in [0.05, 0.1) is 10.5 Å². The second-order valence-corrected chi connectivity index (χ2v) is 8.30. The van der Waals surface area contributed by atoms with Gasteiger partial charge in [-0.15, -0.1) is 22.7 Å². The van der Waals surface area contributed by atoms with Gasteiger partial charge in [-0.25, -0.2) is 9.97 Å². The van der Waals surface area contributed by atoms with E-state index < -0.39 is 0 Å². The molecule has 3 nitrogen and oxygen atoms in total. The molecule has 1 aliphatic rings. The van der Waals surface area contributed by atoms with E-state index in [9.17, 15) is 0 Å². The molecule has 1 fully saturated rings. The lowest BCUT2D eigenvalue weighted by molar-refractivity contribution is 0.238. The molecule has 2 heterocycles. The number of aromatic nitrogens is 2. The topological polar surface area (TPSA) is 51.8 Å². The smallest absolute Gasteiger partial charge is 0.113 e. The Kier molecular flexibility index (Phi) is 3.69. The third-order valence-electron chi connectivity index (χ3n) is 4.11. The van der Waals surface area contributed by atoms with E-state index in [1.54, 1.807) is 22.7 Å². The van der Waals surface area contributed by atoms with Crippen LogP contribution in [-0.4, -0.2) is 9.97 Å². The predicted octanol–water partition coefficient (Wildman–Crippen LogP) is 4.25. The van der Waals surface area contributed by atoms with Crippen LogP contribution >= 0.6 is 22.7 Å². The Hall–Kier alpha value is -0.780. The van der Waals surface area contributed by atoms with Crippen LogP contribution in [0.3, 0.4) is 0 Å². The average molecular weight is 307 g/mol. The first-order valence-electron chi connectivity index (χ1n) is 7.17. The van der Waals surface area contributed by atoms with Crippen LogP contribution in [0, 0.1) is 19.8 Å². The van der Waals surface area contributed by atoms with E-state index in [2.05, 4.69) is 24.2 Å². The molecule has 0 bridgehead atoms. The molecule has 2 unspecified atom stereocenters. The van der Waals surface area contributed by atoms with Gasteiger partial charge >= 0.3 is 0 Å². The fraction of sp³-hybridized carbons (Fsp3) is 0.600. The van der Waals surface area contributed by atoms with Crippen molar-refractivity contribution in [1.82, 2.24) is 9.97 Å². The molecule has 2 atom stereocenters. The Morgan fingerprint density at radius 3 is 2.80 bits per heavy atom. The summed E-state index contributed by atoms with van der Waals surface area (Å²) in [6, 6.07) is 0. The third kappa shape index (κ3) is 2.54. The highest BCUT2D eigenvalue weighted by Gasteiger charge is 2.35. The normalized spacial score (nSPS) is 26.9. The summed E-state index contributed by atoms with van der Waals surface area (Å²) in [4.78, 5) is 10.7. The van der Waals surface area contributed by atoms with Gasteiger partial charge < -0.3 is 5.73 Å². The number of aryl methyl sites for hydroxylation is 2. The molecule has 108 valence electrons. The predicted molar refractivity (Wildman–Crippen MR) is 86.2 cm³/mol. The van der Waals surface area contributed by atoms with E-state index in [0.717, 1.165) is 34.2 Å². The number of nitrogens with two attached hydrogens (primary N) is 1. The van der Waals surface area contributed by atoms with Crippen LogP contribution in [0.25, 0.3) is 11.4 Å². The van der Waals surface area contributed by atoms with Gasteiger partial charge in [0.2, 0.25) is 0 Å². The zero-order valence-electron chi connectivity index (χ0n) is 12.3. The lowest BCUT2D eigenvalue weighted by atomic mass is 9.77. The van der Waals surface area contributed by atoms with Crippen molar-refractivity contribution in [1.29, 1.82) is 0 Å². The summed E-state index contributed by atoms with van der Waals surface area (Å²) in [5, 5.41) is 4.30. The van der Waals surface area contributed by atoms with Gasteiger partial charge in [0.1, 0.15) is 16.4 Å². The van der Waals surface area contributed by atoms with Gasteiger partial charge in [0, 0.05) is 10.3 Å². The zero-order valence-corrected chi connectivity index (χ0v) is 13.9. The average Bonchev–Trinajstić information content (AvgIpc) is 2.95. The van der Waals surface area contributed by atoms with E-state index in [1.165, 1.54) is 17.7 Å². The lowest BCUT2D eigenvalue weighted by Crippen LogP contribution is -2.40. The molecule has 0 saturated heterocycles. The lowest BCUT2D eigenvalue weighted by Gasteiger charge is -2.35. The van der Waals surface area contributed by atoms with Crippen molar-refractivity contribution in [2.24, 2.45) is 11.7 Å². The van der Waals surface area contributed by atoms with Crippen LogP contribution in [0.15, 0.2) is 5.38 Å². The summed E-state index contributed by atoms with van der Waals surface area (Å²) >= 11 is 3.43. The molecular formula is C15H21N3S2. The number of nitrogens with zero attached hydrogens (tertiary/aromatic N) is 2. The highest BCUT2D eigenvalue weighted by Crippen LogP contribution is 2.40. The Bertz CT molecular complexity index is 616. The van der Waals surface area contributed by atoms with Gasteiger partial charge in [0.15, 0.2) is 0 Å². The van der Waals surface area contributed by atoms with Crippen LogP contribution in [-0.2, 0) is 5.54 Å². The summed E-state index contributed by atoms with van der Waals surface area (Å²) in [5.41, 5.74) is 8.44. The summed E-state index contributed by atoms with van der Waals surface area (Å²) < 4.78 is 0. The molecule has 3 rings (SSSR count). The molecule has 1 aliphatic carbocycles. The monoisotopic (exact) mass is 307 g/mol. The molecule has 2 aromatic heterocycles. The minimum atomic E-state index is -0.223. The largest absolute Gasteiger partial charge is 0.319 e. The number of rotatable bonds is 2. The highest BCUT2D eigenvalue weighted by atomic mass is 32.1. The van der Waals surface area contributed by atoms with Gasteiger partial charge in [-0.05, 0) is 32.6 Å². The second-order valence-electron chi connectivity index (χ2n) is 6.03. The first-order chi connectivity index (χ1) is 9.48. The quantitative estimate of drug-likeness (QED) is 0.902. The van der Waals surface area contributed by atoms with E-state index in [4.69, 9.17) is 10.7 Å². The van der Waals surface area contributed by atoms with Crippen molar-refractivity contribution in [2.75, 3.05) is 0 Å². The summed E-state index contributed by atoms with van der Waals surface area (Å²) in [6.07, 6.45) is 4.61.